The number of benzene rings is 1. The van der Waals surface area contributed by atoms with E-state index in [1.54, 1.807) is 0 Å². The summed E-state index contributed by atoms with van der Waals surface area (Å²) in [7, 11) is 0. The molecule has 2 heteroatoms. The largest absolute Gasteiger partial charge is 0.325 e. The van der Waals surface area contributed by atoms with Crippen molar-refractivity contribution in [1.82, 2.24) is 0 Å². The Morgan fingerprint density at radius 1 is 1.19 bits per heavy atom. The van der Waals surface area contributed by atoms with E-state index in [0.717, 1.165) is 17.5 Å². The number of hydrogen-bond donors (Lipinski definition) is 1. The predicted octanol–water partition coefficient (Wildman–Crippen LogP) is 4.88. The van der Waals surface area contributed by atoms with Crippen LogP contribution < -0.4 is 5.32 Å². The Hall–Kier alpha value is -1.31. The van der Waals surface area contributed by atoms with Crippen molar-refractivity contribution in [1.29, 1.82) is 0 Å². The van der Waals surface area contributed by atoms with Crippen LogP contribution >= 0.6 is 0 Å². The Morgan fingerprint density at radius 2 is 1.95 bits per heavy atom. The van der Waals surface area contributed by atoms with Gasteiger partial charge in [0.05, 0.1) is 0 Å². The minimum Gasteiger partial charge on any atom is -0.325 e. The molecule has 2 fully saturated rings. The van der Waals surface area contributed by atoms with Gasteiger partial charge in [0.25, 0.3) is 0 Å². The number of rotatable bonds is 2. The van der Waals surface area contributed by atoms with Gasteiger partial charge in [-0.05, 0) is 61.1 Å². The molecule has 0 spiro atoms. The van der Waals surface area contributed by atoms with Gasteiger partial charge in [-0.15, -0.1) is 0 Å². The van der Waals surface area contributed by atoms with E-state index in [1.807, 2.05) is 20.8 Å². The highest BCUT2D eigenvalue weighted by Gasteiger charge is 2.41. The van der Waals surface area contributed by atoms with Crippen LogP contribution in [0.3, 0.4) is 0 Å². The fourth-order valence-corrected chi connectivity index (χ4v) is 4.04. The van der Waals surface area contributed by atoms with Crippen molar-refractivity contribution in [2.45, 2.75) is 59.3 Å². The number of nitrogens with one attached hydrogen (secondary N) is 1. The van der Waals surface area contributed by atoms with Gasteiger partial charge in [0.1, 0.15) is 0 Å². The van der Waals surface area contributed by atoms with Gasteiger partial charge in [-0.3, -0.25) is 4.79 Å². The molecule has 1 N–H and O–H groups in total. The van der Waals surface area contributed by atoms with Crippen LogP contribution in [-0.4, -0.2) is 5.91 Å². The van der Waals surface area contributed by atoms with Crippen LogP contribution in [0, 0.1) is 24.2 Å². The van der Waals surface area contributed by atoms with E-state index in [4.69, 9.17) is 0 Å². The minimum absolute atomic E-state index is 0.109. The molecule has 2 nitrogen and oxygen atoms in total. The Kier molecular flexibility index (Phi) is 3.59. The van der Waals surface area contributed by atoms with Gasteiger partial charge < -0.3 is 5.32 Å². The lowest BCUT2D eigenvalue weighted by molar-refractivity contribution is -0.123. The van der Waals surface area contributed by atoms with Gasteiger partial charge in [-0.1, -0.05) is 39.3 Å². The van der Waals surface area contributed by atoms with Gasteiger partial charge in [-0.25, -0.2) is 0 Å². The number of amides is 1. The van der Waals surface area contributed by atoms with Gasteiger partial charge in [0, 0.05) is 11.1 Å². The first kappa shape index (κ1) is 14.6. The number of carbonyl (C=O) groups is 1. The smallest absolute Gasteiger partial charge is 0.229 e. The summed E-state index contributed by atoms with van der Waals surface area (Å²) in [6.07, 6.45) is 5.49. The first-order valence-corrected chi connectivity index (χ1v) is 8.26. The molecule has 3 rings (SSSR count). The summed E-state index contributed by atoms with van der Waals surface area (Å²) in [4.78, 5) is 12.4. The topological polar surface area (TPSA) is 29.1 Å². The predicted molar refractivity (Wildman–Crippen MR) is 87.5 cm³/mol. The van der Waals surface area contributed by atoms with E-state index in [-0.39, 0.29) is 11.3 Å². The Labute approximate surface area is 128 Å². The Morgan fingerprint density at radius 3 is 2.52 bits per heavy atom. The molecule has 2 aliphatic carbocycles. The molecule has 21 heavy (non-hydrogen) atoms. The fraction of sp³-hybridized carbons (Fsp3) is 0.632. The van der Waals surface area contributed by atoms with Crippen LogP contribution in [0.15, 0.2) is 18.2 Å². The minimum atomic E-state index is -0.351. The van der Waals surface area contributed by atoms with Crippen LogP contribution in [0.1, 0.15) is 63.5 Å². The van der Waals surface area contributed by atoms with E-state index < -0.39 is 0 Å². The molecule has 0 heterocycles. The molecule has 1 aromatic rings. The second kappa shape index (κ2) is 5.15. The highest BCUT2D eigenvalue weighted by atomic mass is 16.2. The first-order valence-electron chi connectivity index (χ1n) is 8.26. The van der Waals surface area contributed by atoms with Gasteiger partial charge in [0.2, 0.25) is 5.91 Å². The molecule has 2 unspecified atom stereocenters. The van der Waals surface area contributed by atoms with E-state index >= 15 is 0 Å². The van der Waals surface area contributed by atoms with Crippen LogP contribution in [-0.2, 0) is 4.79 Å². The maximum Gasteiger partial charge on any atom is 0.229 e. The molecule has 2 aliphatic rings. The molecular formula is C19H27NO. The lowest BCUT2D eigenvalue weighted by atomic mass is 9.82. The Bertz CT molecular complexity index is 555. The fourth-order valence-electron chi connectivity index (χ4n) is 4.04. The lowest BCUT2D eigenvalue weighted by Gasteiger charge is -2.26. The number of hydrogen-bond acceptors (Lipinski definition) is 1. The van der Waals surface area contributed by atoms with Crippen LogP contribution in [0.5, 0.6) is 0 Å². The summed E-state index contributed by atoms with van der Waals surface area (Å²) >= 11 is 0. The van der Waals surface area contributed by atoms with E-state index in [9.17, 15) is 4.79 Å². The quantitative estimate of drug-likeness (QED) is 0.824. The summed E-state index contributed by atoms with van der Waals surface area (Å²) in [6, 6.07) is 6.58. The third-order valence-corrected chi connectivity index (χ3v) is 5.28. The summed E-state index contributed by atoms with van der Waals surface area (Å²) in [5, 5.41) is 3.19. The first-order chi connectivity index (χ1) is 9.84. The average Bonchev–Trinajstić information content (AvgIpc) is 3.00. The second-order valence-electron chi connectivity index (χ2n) is 8.08. The van der Waals surface area contributed by atoms with Crippen molar-refractivity contribution < 1.29 is 4.79 Å². The van der Waals surface area contributed by atoms with E-state index in [1.165, 1.54) is 36.8 Å². The normalized spacial score (nSPS) is 27.9. The molecule has 0 aliphatic heterocycles. The molecule has 0 saturated heterocycles. The zero-order valence-corrected chi connectivity index (χ0v) is 13.7. The molecule has 0 radical (unpaired) electrons. The molecule has 3 atom stereocenters. The standard InChI is InChI=1S/C19H27NO/c1-12-5-8-15(16-11-13-6-7-14(16)10-13)17(9-12)20-18(21)19(2,3)4/h5,8-9,13-14,16H,6-7,10-11H2,1-4H3,(H,20,21)/t13?,14?,16-/m0/s1. The molecule has 2 saturated carbocycles. The third-order valence-electron chi connectivity index (χ3n) is 5.28. The van der Waals surface area contributed by atoms with Crippen molar-refractivity contribution >= 4 is 11.6 Å². The highest BCUT2D eigenvalue weighted by molar-refractivity contribution is 5.95. The lowest BCUT2D eigenvalue weighted by Crippen LogP contribution is -2.28. The van der Waals surface area contributed by atoms with Crippen molar-refractivity contribution in [2.75, 3.05) is 5.32 Å². The molecule has 1 amide bonds. The molecule has 0 aromatic heterocycles. The van der Waals surface area contributed by atoms with E-state index in [2.05, 4.69) is 30.4 Å². The molecular weight excluding hydrogens is 258 g/mol. The van der Waals surface area contributed by atoms with Crippen LogP contribution in [0.2, 0.25) is 0 Å². The van der Waals surface area contributed by atoms with Crippen molar-refractivity contribution in [2.24, 2.45) is 17.3 Å². The van der Waals surface area contributed by atoms with E-state index in [0.29, 0.717) is 5.92 Å². The van der Waals surface area contributed by atoms with Crippen molar-refractivity contribution in [3.63, 3.8) is 0 Å². The molecule has 2 bridgehead atoms. The summed E-state index contributed by atoms with van der Waals surface area (Å²) in [5.74, 6) is 2.52. The zero-order valence-electron chi connectivity index (χ0n) is 13.7. The maximum atomic E-state index is 12.4. The molecule has 1 aromatic carbocycles. The van der Waals surface area contributed by atoms with Crippen molar-refractivity contribution in [3.8, 4) is 0 Å². The second-order valence-corrected chi connectivity index (χ2v) is 8.08. The average molecular weight is 285 g/mol. The third kappa shape index (κ3) is 2.86. The maximum absolute atomic E-state index is 12.4. The Balaban J connectivity index is 1.89. The van der Waals surface area contributed by atoms with Crippen LogP contribution in [0.25, 0.3) is 0 Å². The van der Waals surface area contributed by atoms with Gasteiger partial charge in [0.15, 0.2) is 0 Å². The monoisotopic (exact) mass is 285 g/mol. The summed E-state index contributed by atoms with van der Waals surface area (Å²) in [5.41, 5.74) is 3.28. The molecule has 114 valence electrons. The van der Waals surface area contributed by atoms with Crippen molar-refractivity contribution in [3.05, 3.63) is 29.3 Å². The number of anilines is 1. The summed E-state index contributed by atoms with van der Waals surface area (Å²) < 4.78 is 0. The number of carbonyl (C=O) groups excluding carboxylic acids is 1. The highest BCUT2D eigenvalue weighted by Crippen LogP contribution is 2.54. The summed E-state index contributed by atoms with van der Waals surface area (Å²) in [6.45, 7) is 8.00. The van der Waals surface area contributed by atoms with Gasteiger partial charge in [-0.2, -0.15) is 0 Å². The van der Waals surface area contributed by atoms with Crippen LogP contribution in [0.4, 0.5) is 5.69 Å². The number of aryl methyl sites for hydroxylation is 1. The zero-order chi connectivity index (χ0) is 15.2. The van der Waals surface area contributed by atoms with Gasteiger partial charge >= 0.3 is 0 Å². The SMILES string of the molecule is Cc1ccc([C@H]2CC3CCC2C3)c(NC(=O)C(C)(C)C)c1. The number of fused-ring (bicyclic) bond motifs is 2.